The van der Waals surface area contributed by atoms with Gasteiger partial charge in [0.05, 0.1) is 13.7 Å². The van der Waals surface area contributed by atoms with E-state index in [-0.39, 0.29) is 18.4 Å². The lowest BCUT2D eigenvalue weighted by atomic mass is 10.2. The first-order valence-corrected chi connectivity index (χ1v) is 7.16. The van der Waals surface area contributed by atoms with Crippen LogP contribution < -0.4 is 5.32 Å². The van der Waals surface area contributed by atoms with E-state index in [0.717, 1.165) is 5.56 Å². The molecule has 5 nitrogen and oxygen atoms in total. The predicted molar refractivity (Wildman–Crippen MR) is 82.0 cm³/mol. The van der Waals surface area contributed by atoms with Gasteiger partial charge in [-0.3, -0.25) is 14.5 Å². The maximum Gasteiger partial charge on any atom is 0.305 e. The SMILES string of the molecule is COC(=O)CCCNC(=O)CN(C)Cc1ccccc1Cl. The Morgan fingerprint density at radius 3 is 2.71 bits per heavy atom. The summed E-state index contributed by atoms with van der Waals surface area (Å²) in [5.41, 5.74) is 0.986. The summed E-state index contributed by atoms with van der Waals surface area (Å²) < 4.78 is 4.53. The van der Waals surface area contributed by atoms with Gasteiger partial charge in [0.1, 0.15) is 0 Å². The highest BCUT2D eigenvalue weighted by Crippen LogP contribution is 2.16. The van der Waals surface area contributed by atoms with E-state index < -0.39 is 0 Å². The van der Waals surface area contributed by atoms with Gasteiger partial charge in [-0.15, -0.1) is 0 Å². The van der Waals surface area contributed by atoms with E-state index >= 15 is 0 Å². The Bertz CT molecular complexity index is 480. The molecule has 1 N–H and O–H groups in total. The van der Waals surface area contributed by atoms with Crippen LogP contribution in [-0.2, 0) is 20.9 Å². The fourth-order valence-corrected chi connectivity index (χ4v) is 2.03. The number of carbonyl (C=O) groups is 2. The number of nitrogens with one attached hydrogen (secondary N) is 1. The molecule has 1 aromatic carbocycles. The number of hydrogen-bond acceptors (Lipinski definition) is 4. The number of hydrogen-bond donors (Lipinski definition) is 1. The average Bonchev–Trinajstić information content (AvgIpc) is 2.45. The molecule has 0 radical (unpaired) electrons. The highest BCUT2D eigenvalue weighted by molar-refractivity contribution is 6.31. The number of carbonyl (C=O) groups excluding carboxylic acids is 2. The molecule has 0 saturated carbocycles. The molecule has 0 aliphatic carbocycles. The van der Waals surface area contributed by atoms with Gasteiger partial charge in [0, 0.05) is 24.5 Å². The van der Waals surface area contributed by atoms with Gasteiger partial charge in [0.25, 0.3) is 0 Å². The van der Waals surface area contributed by atoms with Crippen molar-refractivity contribution < 1.29 is 14.3 Å². The summed E-state index contributed by atoms with van der Waals surface area (Å²) in [6.45, 7) is 1.35. The average molecular weight is 313 g/mol. The lowest BCUT2D eigenvalue weighted by molar-refractivity contribution is -0.140. The topological polar surface area (TPSA) is 58.6 Å². The predicted octanol–water partition coefficient (Wildman–Crippen LogP) is 1.84. The summed E-state index contributed by atoms with van der Waals surface area (Å²) in [5, 5.41) is 3.47. The van der Waals surface area contributed by atoms with Gasteiger partial charge in [0.15, 0.2) is 0 Å². The molecular weight excluding hydrogens is 292 g/mol. The van der Waals surface area contributed by atoms with Crippen molar-refractivity contribution in [3.63, 3.8) is 0 Å². The van der Waals surface area contributed by atoms with Crippen LogP contribution in [0.3, 0.4) is 0 Å². The second-order valence-corrected chi connectivity index (χ2v) is 5.20. The molecule has 1 rings (SSSR count). The number of esters is 1. The van der Waals surface area contributed by atoms with Crippen LogP contribution in [0.15, 0.2) is 24.3 Å². The van der Waals surface area contributed by atoms with Crippen LogP contribution in [0.4, 0.5) is 0 Å². The Morgan fingerprint density at radius 1 is 1.33 bits per heavy atom. The molecule has 0 fully saturated rings. The Morgan fingerprint density at radius 2 is 2.05 bits per heavy atom. The number of nitrogens with zero attached hydrogens (tertiary/aromatic N) is 1. The minimum atomic E-state index is -0.264. The number of halogens is 1. The highest BCUT2D eigenvalue weighted by atomic mass is 35.5. The molecular formula is C15H21ClN2O3. The smallest absolute Gasteiger partial charge is 0.305 e. The van der Waals surface area contributed by atoms with E-state index in [4.69, 9.17) is 11.6 Å². The Labute approximate surface area is 130 Å². The van der Waals surface area contributed by atoms with Gasteiger partial charge in [-0.2, -0.15) is 0 Å². The maximum absolute atomic E-state index is 11.7. The molecule has 0 saturated heterocycles. The van der Waals surface area contributed by atoms with Crippen molar-refractivity contribution in [1.82, 2.24) is 10.2 Å². The number of methoxy groups -OCH3 is 1. The molecule has 6 heteroatoms. The lowest BCUT2D eigenvalue weighted by Gasteiger charge is -2.17. The third-order valence-corrected chi connectivity index (χ3v) is 3.29. The van der Waals surface area contributed by atoms with Gasteiger partial charge >= 0.3 is 5.97 Å². The molecule has 1 aromatic rings. The van der Waals surface area contributed by atoms with Gasteiger partial charge in [-0.1, -0.05) is 29.8 Å². The molecule has 0 heterocycles. The molecule has 0 bridgehead atoms. The molecule has 0 aromatic heterocycles. The van der Waals surface area contributed by atoms with E-state index in [0.29, 0.717) is 31.0 Å². The standard InChI is InChI=1S/C15H21ClN2O3/c1-18(10-12-6-3-4-7-13(12)16)11-14(19)17-9-5-8-15(20)21-2/h3-4,6-7H,5,8-11H2,1-2H3,(H,17,19). The second-order valence-electron chi connectivity index (χ2n) is 4.79. The van der Waals surface area contributed by atoms with E-state index in [1.54, 1.807) is 0 Å². The Kier molecular flexibility index (Phi) is 7.79. The molecule has 21 heavy (non-hydrogen) atoms. The number of benzene rings is 1. The fraction of sp³-hybridized carbons (Fsp3) is 0.467. The van der Waals surface area contributed by atoms with Crippen LogP contribution in [0.1, 0.15) is 18.4 Å². The monoisotopic (exact) mass is 312 g/mol. The van der Waals surface area contributed by atoms with E-state index in [1.807, 2.05) is 36.2 Å². The molecule has 0 aliphatic rings. The van der Waals surface area contributed by atoms with Crippen LogP contribution in [0.5, 0.6) is 0 Å². The van der Waals surface area contributed by atoms with Crippen molar-refractivity contribution in [1.29, 1.82) is 0 Å². The van der Waals surface area contributed by atoms with Crippen molar-refractivity contribution in [3.8, 4) is 0 Å². The van der Waals surface area contributed by atoms with Crippen molar-refractivity contribution in [2.24, 2.45) is 0 Å². The van der Waals surface area contributed by atoms with E-state index in [2.05, 4.69) is 10.1 Å². The third kappa shape index (κ3) is 7.11. The summed E-state index contributed by atoms with van der Waals surface area (Å²) in [6, 6.07) is 7.56. The zero-order chi connectivity index (χ0) is 15.7. The third-order valence-electron chi connectivity index (χ3n) is 2.92. The van der Waals surface area contributed by atoms with E-state index in [9.17, 15) is 9.59 Å². The van der Waals surface area contributed by atoms with Crippen LogP contribution >= 0.6 is 11.6 Å². The molecule has 0 unspecified atom stereocenters. The molecule has 1 amide bonds. The first-order chi connectivity index (χ1) is 10.0. The molecule has 116 valence electrons. The van der Waals surface area contributed by atoms with Gasteiger partial charge < -0.3 is 10.1 Å². The zero-order valence-corrected chi connectivity index (χ0v) is 13.2. The second kappa shape index (κ2) is 9.37. The number of rotatable bonds is 8. The van der Waals surface area contributed by atoms with Crippen molar-refractivity contribution in [2.75, 3.05) is 27.2 Å². The first-order valence-electron chi connectivity index (χ1n) is 6.78. The van der Waals surface area contributed by atoms with Crippen molar-refractivity contribution in [3.05, 3.63) is 34.9 Å². The largest absolute Gasteiger partial charge is 0.469 e. The Balaban J connectivity index is 2.25. The number of amides is 1. The summed E-state index contributed by atoms with van der Waals surface area (Å²) >= 11 is 6.08. The minimum Gasteiger partial charge on any atom is -0.469 e. The normalized spacial score (nSPS) is 10.5. The lowest BCUT2D eigenvalue weighted by Crippen LogP contribution is -2.35. The fourth-order valence-electron chi connectivity index (χ4n) is 1.84. The number of likely N-dealkylation sites (N-methyl/N-ethyl adjacent to an activating group) is 1. The minimum absolute atomic E-state index is 0.0746. The summed E-state index contributed by atoms with van der Waals surface area (Å²) in [6.07, 6.45) is 0.888. The van der Waals surface area contributed by atoms with Crippen LogP contribution in [-0.4, -0.2) is 44.0 Å². The Hall–Kier alpha value is -1.59. The highest BCUT2D eigenvalue weighted by Gasteiger charge is 2.08. The summed E-state index contributed by atoms with van der Waals surface area (Å²) in [4.78, 5) is 24.5. The molecule has 0 atom stereocenters. The van der Waals surface area contributed by atoms with Crippen LogP contribution in [0, 0.1) is 0 Å². The van der Waals surface area contributed by atoms with E-state index in [1.165, 1.54) is 7.11 Å². The summed E-state index contributed by atoms with van der Waals surface area (Å²) in [5.74, 6) is -0.338. The molecule has 0 spiro atoms. The zero-order valence-electron chi connectivity index (χ0n) is 12.4. The van der Waals surface area contributed by atoms with Crippen LogP contribution in [0.2, 0.25) is 5.02 Å². The maximum atomic E-state index is 11.7. The van der Waals surface area contributed by atoms with Crippen molar-refractivity contribution >= 4 is 23.5 Å². The van der Waals surface area contributed by atoms with Crippen molar-refractivity contribution in [2.45, 2.75) is 19.4 Å². The van der Waals surface area contributed by atoms with Crippen LogP contribution in [0.25, 0.3) is 0 Å². The summed E-state index contributed by atoms with van der Waals surface area (Å²) in [7, 11) is 3.21. The van der Waals surface area contributed by atoms with Gasteiger partial charge in [0.2, 0.25) is 5.91 Å². The number of ether oxygens (including phenoxy) is 1. The van der Waals surface area contributed by atoms with Gasteiger partial charge in [-0.05, 0) is 25.1 Å². The van der Waals surface area contributed by atoms with Gasteiger partial charge in [-0.25, -0.2) is 0 Å². The molecule has 0 aliphatic heterocycles. The first kappa shape index (κ1) is 17.5. The quantitative estimate of drug-likeness (QED) is 0.588.